The molecule has 0 fully saturated rings. The Morgan fingerprint density at radius 2 is 0.936 bits per heavy atom. The summed E-state index contributed by atoms with van der Waals surface area (Å²) in [5.41, 5.74) is 5.89. The maximum atomic E-state index is 12.0. The Labute approximate surface area is 462 Å². The van der Waals surface area contributed by atoms with E-state index in [1.165, 1.54) is 0 Å². The third-order valence-electron chi connectivity index (χ3n) is 12.4. The largest absolute Gasteiger partial charge is 0.373 e. The lowest BCUT2D eigenvalue weighted by atomic mass is 9.86. The molecule has 0 aliphatic rings. The molecule has 384 valence electrons. The van der Waals surface area contributed by atoms with Crippen molar-refractivity contribution in [2.45, 2.75) is 25.0 Å². The van der Waals surface area contributed by atoms with Gasteiger partial charge in [-0.2, -0.15) is 0 Å². The van der Waals surface area contributed by atoms with Crippen LogP contribution in [0.1, 0.15) is 61.5 Å². The highest BCUT2D eigenvalue weighted by Crippen LogP contribution is 2.41. The molecule has 0 aromatic carbocycles. The first-order valence-corrected chi connectivity index (χ1v) is 25.7. The second-order valence-corrected chi connectivity index (χ2v) is 19.2. The molecule has 5 N–H and O–H groups in total. The van der Waals surface area contributed by atoms with Crippen LogP contribution < -0.4 is 0 Å². The van der Waals surface area contributed by atoms with Gasteiger partial charge < -0.3 is 29.7 Å². The molecule has 0 aliphatic carbocycles. The summed E-state index contributed by atoms with van der Waals surface area (Å²) in [6, 6.07) is 40.2. The van der Waals surface area contributed by atoms with Gasteiger partial charge in [0.15, 0.2) is 11.2 Å². The molecule has 0 bridgehead atoms. The van der Waals surface area contributed by atoms with E-state index >= 15 is 0 Å². The molecule has 13 aromatic heterocycles. The number of pyridine rings is 9. The number of aromatic amines is 3. The van der Waals surface area contributed by atoms with Crippen molar-refractivity contribution in [1.82, 2.24) is 65.0 Å². The maximum Gasteiger partial charge on any atom is 0.229 e. The Kier molecular flexibility index (Phi) is 15.6. The maximum absolute atomic E-state index is 12.0. The van der Waals surface area contributed by atoms with Crippen LogP contribution in [0, 0.1) is 13.8 Å². The van der Waals surface area contributed by atoms with Crippen LogP contribution in [0.15, 0.2) is 221 Å². The van der Waals surface area contributed by atoms with E-state index in [1.54, 1.807) is 129 Å². The van der Waals surface area contributed by atoms with Gasteiger partial charge in [0.25, 0.3) is 0 Å². The van der Waals surface area contributed by atoms with Crippen molar-refractivity contribution in [3.05, 3.63) is 274 Å². The molecule has 0 spiro atoms. The van der Waals surface area contributed by atoms with E-state index in [4.69, 9.17) is 4.52 Å². The summed E-state index contributed by atoms with van der Waals surface area (Å²) in [7, 11) is 0. The first-order valence-electron chi connectivity index (χ1n) is 24.1. The Morgan fingerprint density at radius 3 is 1.37 bits per heavy atom. The van der Waals surface area contributed by atoms with E-state index in [1.807, 2.05) is 92.8 Å². The first kappa shape index (κ1) is 52.2. The van der Waals surface area contributed by atoms with Crippen LogP contribution in [-0.4, -0.2) is 81.0 Å². The normalized spacial score (nSPS) is 11.3. The van der Waals surface area contributed by atoms with Gasteiger partial charge in [0.2, 0.25) is 5.78 Å². The SMILES string of the molecule is Brc1cnc2[nH]ccc2c1.Cc1noc(C)c1-c1cnc2[nH]cc(C(O)(c3ccccn3)c3ccccn3)c2c1.O=C(c1ccccn1)c1ccccn1.OC(c1ccccn1)(c1ccccn1)c1c[nH]c2ncc(Br)cc12. The second kappa shape index (κ2) is 23.3. The van der Waals surface area contributed by atoms with Crippen LogP contribution in [0.2, 0.25) is 0 Å². The summed E-state index contributed by atoms with van der Waals surface area (Å²) in [6.07, 6.45) is 20.5. The molecular formula is C59H45Br2N13O4. The minimum Gasteiger partial charge on any atom is -0.373 e. The number of hydrogen-bond donors (Lipinski definition) is 5. The zero-order valence-electron chi connectivity index (χ0n) is 41.6. The molecular weight excluding hydrogens is 1110 g/mol. The standard InChI is InChI=1S/C23H19N5O2.C18H13BrN4O.C11H8N2O.C7H5BrN2/c1-14-21(15(2)30-28-14)16-11-17-18(13-27-22(17)26-12-16)23(29,19-7-3-5-9-24-19)20-8-4-6-10-25-20;19-12-9-13-14(11-23-17(13)22-10-12)18(24,15-5-1-3-7-20-15)16-6-2-4-8-21-16;14-11(9-5-1-3-7-12-9)10-6-2-4-8-13-10;8-6-3-5-1-2-9-7(5)10-4-6/h3-13,29H,1-2H3,(H,26,27);1-11,24H,(H,22,23);1-8H;1-4H,(H,9,10). The lowest BCUT2D eigenvalue weighted by molar-refractivity contribution is 0.102. The predicted octanol–water partition coefficient (Wildman–Crippen LogP) is 11.3. The summed E-state index contributed by atoms with van der Waals surface area (Å²) in [4.78, 5) is 59.6. The lowest BCUT2D eigenvalue weighted by Gasteiger charge is -2.27. The average molecular weight is 1160 g/mol. The molecule has 13 aromatic rings. The molecule has 13 heterocycles. The highest BCUT2D eigenvalue weighted by Gasteiger charge is 2.40. The zero-order chi connectivity index (χ0) is 54.1. The smallest absolute Gasteiger partial charge is 0.229 e. The third kappa shape index (κ3) is 10.9. The van der Waals surface area contributed by atoms with E-state index in [-0.39, 0.29) is 5.78 Å². The van der Waals surface area contributed by atoms with E-state index in [0.717, 1.165) is 53.3 Å². The minimum atomic E-state index is -1.56. The number of ketones is 1. The van der Waals surface area contributed by atoms with Crippen LogP contribution in [0.4, 0.5) is 0 Å². The van der Waals surface area contributed by atoms with Crippen LogP contribution >= 0.6 is 31.9 Å². The second-order valence-electron chi connectivity index (χ2n) is 17.4. The fraction of sp³-hybridized carbons (Fsp3) is 0.0678. The van der Waals surface area contributed by atoms with E-state index < -0.39 is 11.2 Å². The van der Waals surface area contributed by atoms with Gasteiger partial charge in [-0.05, 0) is 143 Å². The highest BCUT2D eigenvalue weighted by atomic mass is 79.9. The van der Waals surface area contributed by atoms with Crippen molar-refractivity contribution in [2.24, 2.45) is 0 Å². The number of rotatable bonds is 9. The van der Waals surface area contributed by atoms with Crippen molar-refractivity contribution in [1.29, 1.82) is 0 Å². The Bertz CT molecular complexity index is 3950. The molecule has 19 heteroatoms. The average Bonchev–Trinajstić information content (AvgIpc) is 4.44. The predicted molar refractivity (Wildman–Crippen MR) is 302 cm³/mol. The van der Waals surface area contributed by atoms with Gasteiger partial charge in [-0.25, -0.2) is 15.0 Å². The van der Waals surface area contributed by atoms with Gasteiger partial charge in [-0.3, -0.25) is 34.7 Å². The highest BCUT2D eigenvalue weighted by molar-refractivity contribution is 9.10. The monoisotopic (exact) mass is 1160 g/mol. The van der Waals surface area contributed by atoms with Gasteiger partial charge in [0.1, 0.15) is 34.1 Å². The van der Waals surface area contributed by atoms with E-state index in [0.29, 0.717) is 56.6 Å². The summed E-state index contributed by atoms with van der Waals surface area (Å²) < 4.78 is 7.17. The van der Waals surface area contributed by atoms with Gasteiger partial charge in [0, 0.05) is 122 Å². The summed E-state index contributed by atoms with van der Waals surface area (Å²) >= 11 is 6.78. The molecule has 0 saturated heterocycles. The Hall–Kier alpha value is -9.27. The molecule has 0 radical (unpaired) electrons. The number of aliphatic hydroxyl groups is 2. The van der Waals surface area contributed by atoms with Crippen molar-refractivity contribution < 1.29 is 19.5 Å². The van der Waals surface area contributed by atoms with Gasteiger partial charge in [-0.15, -0.1) is 0 Å². The molecule has 0 atom stereocenters. The van der Waals surface area contributed by atoms with Crippen molar-refractivity contribution in [3.8, 4) is 11.1 Å². The molecule has 17 nitrogen and oxygen atoms in total. The Balaban J connectivity index is 0.000000127. The van der Waals surface area contributed by atoms with Gasteiger partial charge >= 0.3 is 0 Å². The zero-order valence-corrected chi connectivity index (χ0v) is 44.7. The summed E-state index contributed by atoms with van der Waals surface area (Å²) in [5, 5.41) is 30.5. The minimum absolute atomic E-state index is 0.147. The fourth-order valence-electron chi connectivity index (χ4n) is 8.77. The van der Waals surface area contributed by atoms with Crippen LogP contribution in [0.25, 0.3) is 44.2 Å². The summed E-state index contributed by atoms with van der Waals surface area (Å²) in [6.45, 7) is 3.77. The van der Waals surface area contributed by atoms with Gasteiger partial charge in [0.05, 0.1) is 28.5 Å². The molecule has 0 amide bonds. The number of aryl methyl sites for hydroxylation is 2. The number of aromatic nitrogens is 13. The number of fused-ring (bicyclic) bond motifs is 3. The number of H-pyrrole nitrogens is 3. The Morgan fingerprint density at radius 1 is 0.500 bits per heavy atom. The molecule has 0 aliphatic heterocycles. The number of carbonyl (C=O) groups is 1. The van der Waals surface area contributed by atoms with Crippen molar-refractivity contribution >= 4 is 70.7 Å². The molecule has 0 saturated carbocycles. The van der Waals surface area contributed by atoms with E-state index in [2.05, 4.69) is 96.8 Å². The number of nitrogens with zero attached hydrogens (tertiary/aromatic N) is 10. The van der Waals surface area contributed by atoms with Crippen molar-refractivity contribution in [2.75, 3.05) is 0 Å². The number of halogens is 2. The number of nitrogens with one attached hydrogen (secondary N) is 3. The van der Waals surface area contributed by atoms with Gasteiger partial charge in [-0.1, -0.05) is 41.6 Å². The van der Waals surface area contributed by atoms with Crippen LogP contribution in [-0.2, 0) is 11.2 Å². The number of hydrogen-bond acceptors (Lipinski definition) is 14. The number of carbonyl (C=O) groups excluding carboxylic acids is 1. The fourth-order valence-corrected chi connectivity index (χ4v) is 9.45. The lowest BCUT2D eigenvalue weighted by Crippen LogP contribution is -2.30. The van der Waals surface area contributed by atoms with Crippen molar-refractivity contribution in [3.63, 3.8) is 0 Å². The third-order valence-corrected chi connectivity index (χ3v) is 13.3. The molecule has 13 rings (SSSR count). The van der Waals surface area contributed by atoms with Crippen LogP contribution in [0.5, 0.6) is 0 Å². The van der Waals surface area contributed by atoms with E-state index in [9.17, 15) is 15.0 Å². The quantitative estimate of drug-likeness (QED) is 0.0844. The molecule has 0 unspecified atom stereocenters. The topological polar surface area (TPSA) is 247 Å². The molecule has 78 heavy (non-hydrogen) atoms. The summed E-state index contributed by atoms with van der Waals surface area (Å²) in [5.74, 6) is 0.571. The van der Waals surface area contributed by atoms with Crippen LogP contribution in [0.3, 0.4) is 0 Å². The first-order chi connectivity index (χ1) is 38.0.